The maximum atomic E-state index is 12.7. The first-order valence-corrected chi connectivity index (χ1v) is 10.5. The van der Waals surface area contributed by atoms with Gasteiger partial charge in [-0.15, -0.1) is 0 Å². The Balaban J connectivity index is 2.17. The third-order valence-corrected chi connectivity index (χ3v) is 8.69. The van der Waals surface area contributed by atoms with Gasteiger partial charge < -0.3 is 5.73 Å². The zero-order valence-corrected chi connectivity index (χ0v) is 13.5. The van der Waals surface area contributed by atoms with E-state index in [1.807, 2.05) is 6.92 Å². The number of piperidine rings is 1. The molecule has 2 fully saturated rings. The number of rotatable bonds is 3. The fourth-order valence-corrected chi connectivity index (χ4v) is 7.29. The van der Waals surface area contributed by atoms with Crippen molar-refractivity contribution in [1.29, 1.82) is 0 Å². The van der Waals surface area contributed by atoms with Crippen molar-refractivity contribution < 1.29 is 16.8 Å². The lowest BCUT2D eigenvalue weighted by Crippen LogP contribution is -2.54. The average molecular weight is 324 g/mol. The van der Waals surface area contributed by atoms with E-state index in [9.17, 15) is 16.8 Å². The lowest BCUT2D eigenvalue weighted by Gasteiger charge is -2.40. The highest BCUT2D eigenvalue weighted by Gasteiger charge is 2.41. The van der Waals surface area contributed by atoms with E-state index in [1.165, 1.54) is 0 Å². The van der Waals surface area contributed by atoms with E-state index in [1.54, 1.807) is 4.31 Å². The van der Waals surface area contributed by atoms with Crippen LogP contribution in [0, 0.1) is 5.92 Å². The molecule has 2 aliphatic heterocycles. The summed E-state index contributed by atoms with van der Waals surface area (Å²) in [6.07, 6.45) is 2.27. The molecule has 2 unspecified atom stereocenters. The van der Waals surface area contributed by atoms with Gasteiger partial charge in [0.1, 0.15) is 9.84 Å². The van der Waals surface area contributed by atoms with Crippen molar-refractivity contribution in [2.75, 3.05) is 24.6 Å². The molecule has 2 N–H and O–H groups in total. The summed E-state index contributed by atoms with van der Waals surface area (Å²) in [6, 6.07) is -0.146. The first-order chi connectivity index (χ1) is 9.28. The predicted octanol–water partition coefficient (Wildman–Crippen LogP) is -0.0474. The Hall–Kier alpha value is -0.180. The summed E-state index contributed by atoms with van der Waals surface area (Å²) in [5, 5.41) is -0.564. The normalized spacial score (nSPS) is 33.1. The molecule has 0 spiro atoms. The van der Waals surface area contributed by atoms with Crippen molar-refractivity contribution in [2.45, 2.75) is 43.9 Å². The summed E-state index contributed by atoms with van der Waals surface area (Å²) < 4.78 is 49.9. The summed E-state index contributed by atoms with van der Waals surface area (Å²) in [4.78, 5) is 0. The first kappa shape index (κ1) is 16.2. The van der Waals surface area contributed by atoms with Crippen LogP contribution in [-0.2, 0) is 19.9 Å². The molecule has 8 heteroatoms. The van der Waals surface area contributed by atoms with E-state index in [0.29, 0.717) is 13.1 Å². The molecule has 0 saturated carbocycles. The summed E-state index contributed by atoms with van der Waals surface area (Å²) in [5.74, 6) is 0.220. The monoisotopic (exact) mass is 324 g/mol. The smallest absolute Gasteiger partial charge is 0.217 e. The van der Waals surface area contributed by atoms with E-state index in [-0.39, 0.29) is 36.3 Å². The van der Waals surface area contributed by atoms with E-state index < -0.39 is 25.1 Å². The molecule has 0 radical (unpaired) electrons. The number of sulfonamides is 1. The van der Waals surface area contributed by atoms with E-state index >= 15 is 0 Å². The van der Waals surface area contributed by atoms with Gasteiger partial charge >= 0.3 is 0 Å². The number of nitrogens with two attached hydrogens (primary N) is 1. The number of hydrogen-bond donors (Lipinski definition) is 1. The lowest BCUT2D eigenvalue weighted by atomic mass is 9.93. The maximum Gasteiger partial charge on any atom is 0.217 e. The van der Waals surface area contributed by atoms with Crippen LogP contribution in [0.2, 0.25) is 0 Å². The fourth-order valence-electron chi connectivity index (χ4n) is 3.23. The third-order valence-electron chi connectivity index (χ3n) is 4.56. The number of hydrogen-bond acceptors (Lipinski definition) is 5. The molecule has 0 aromatic heterocycles. The van der Waals surface area contributed by atoms with Gasteiger partial charge in [0.05, 0.1) is 16.8 Å². The molecule has 0 amide bonds. The van der Waals surface area contributed by atoms with Crippen molar-refractivity contribution in [3.63, 3.8) is 0 Å². The lowest BCUT2D eigenvalue weighted by molar-refractivity contribution is 0.190. The Kier molecular flexibility index (Phi) is 4.78. The number of sulfone groups is 1. The summed E-state index contributed by atoms with van der Waals surface area (Å²) in [5.41, 5.74) is 5.75. The van der Waals surface area contributed by atoms with Gasteiger partial charge in [0.15, 0.2) is 0 Å². The average Bonchev–Trinajstić information content (AvgIpc) is 2.38. The van der Waals surface area contributed by atoms with Gasteiger partial charge in [-0.1, -0.05) is 6.92 Å². The van der Waals surface area contributed by atoms with Gasteiger partial charge in [0, 0.05) is 19.1 Å². The van der Waals surface area contributed by atoms with E-state index in [2.05, 4.69) is 0 Å². The predicted molar refractivity (Wildman–Crippen MR) is 78.5 cm³/mol. The van der Waals surface area contributed by atoms with Gasteiger partial charge in [-0.25, -0.2) is 16.8 Å². The summed E-state index contributed by atoms with van der Waals surface area (Å²) >= 11 is 0. The van der Waals surface area contributed by atoms with Crippen LogP contribution < -0.4 is 5.73 Å². The van der Waals surface area contributed by atoms with Crippen LogP contribution in [0.5, 0.6) is 0 Å². The third kappa shape index (κ3) is 3.18. The second-order valence-corrected chi connectivity index (χ2v) is 10.4. The van der Waals surface area contributed by atoms with Gasteiger partial charge in [0.25, 0.3) is 0 Å². The Bertz CT molecular complexity index is 530. The topological polar surface area (TPSA) is 97.5 Å². The number of nitrogens with zero attached hydrogens (tertiary/aromatic N) is 1. The van der Waals surface area contributed by atoms with Crippen molar-refractivity contribution in [3.05, 3.63) is 0 Å². The van der Waals surface area contributed by atoms with Crippen molar-refractivity contribution >= 4 is 19.9 Å². The van der Waals surface area contributed by atoms with Crippen LogP contribution in [0.25, 0.3) is 0 Å². The molecule has 118 valence electrons. The Morgan fingerprint density at radius 1 is 1.20 bits per heavy atom. The Morgan fingerprint density at radius 2 is 1.80 bits per heavy atom. The quantitative estimate of drug-likeness (QED) is 0.785. The molecular weight excluding hydrogens is 300 g/mol. The Labute approximate surface area is 121 Å². The minimum absolute atomic E-state index is 0.0203. The first-order valence-electron chi connectivity index (χ1n) is 7.19. The molecule has 2 aliphatic rings. The minimum Gasteiger partial charge on any atom is -0.329 e. The van der Waals surface area contributed by atoms with Gasteiger partial charge in [0.2, 0.25) is 10.0 Å². The molecule has 2 atom stereocenters. The van der Waals surface area contributed by atoms with Crippen molar-refractivity contribution in [2.24, 2.45) is 11.7 Å². The minimum atomic E-state index is -3.44. The molecule has 20 heavy (non-hydrogen) atoms. The molecule has 0 aromatic carbocycles. The molecule has 0 aliphatic carbocycles. The maximum absolute atomic E-state index is 12.7. The summed E-state index contributed by atoms with van der Waals surface area (Å²) in [6.45, 7) is 2.87. The van der Waals surface area contributed by atoms with Crippen molar-refractivity contribution in [3.8, 4) is 0 Å². The van der Waals surface area contributed by atoms with Gasteiger partial charge in [-0.05, 0) is 31.6 Å². The molecule has 2 saturated heterocycles. The molecule has 2 heterocycles. The molecule has 2 rings (SSSR count). The zero-order chi connectivity index (χ0) is 15.0. The zero-order valence-electron chi connectivity index (χ0n) is 11.9. The molecule has 0 aromatic rings. The molecule has 6 nitrogen and oxygen atoms in total. The van der Waals surface area contributed by atoms with E-state index in [4.69, 9.17) is 5.73 Å². The summed E-state index contributed by atoms with van der Waals surface area (Å²) in [7, 11) is -6.48. The highest BCUT2D eigenvalue weighted by molar-refractivity contribution is 7.92. The molecule has 0 bridgehead atoms. The standard InChI is InChI=1S/C12H24N2O4S2/c1-10-3-2-6-14(12(10)9-13)20(17,18)11-4-7-19(15,16)8-5-11/h10-12H,2-9,13H2,1H3. The van der Waals surface area contributed by atoms with Crippen LogP contribution in [0.1, 0.15) is 32.6 Å². The highest BCUT2D eigenvalue weighted by Crippen LogP contribution is 2.30. The molecular formula is C12H24N2O4S2. The van der Waals surface area contributed by atoms with Gasteiger partial charge in [-0.2, -0.15) is 4.31 Å². The van der Waals surface area contributed by atoms with Crippen LogP contribution in [-0.4, -0.2) is 57.0 Å². The highest BCUT2D eigenvalue weighted by atomic mass is 32.2. The van der Waals surface area contributed by atoms with Crippen LogP contribution in [0.4, 0.5) is 0 Å². The van der Waals surface area contributed by atoms with Crippen LogP contribution in [0.15, 0.2) is 0 Å². The van der Waals surface area contributed by atoms with E-state index in [0.717, 1.165) is 12.8 Å². The SMILES string of the molecule is CC1CCCN(S(=O)(=O)C2CCS(=O)(=O)CC2)C1CN. The van der Waals surface area contributed by atoms with Gasteiger partial charge in [-0.3, -0.25) is 0 Å². The second kappa shape index (κ2) is 5.90. The van der Waals surface area contributed by atoms with Crippen LogP contribution in [0.3, 0.4) is 0 Å². The second-order valence-electron chi connectivity index (χ2n) is 5.93. The fraction of sp³-hybridized carbons (Fsp3) is 1.00. The van der Waals surface area contributed by atoms with Crippen LogP contribution >= 0.6 is 0 Å². The largest absolute Gasteiger partial charge is 0.329 e. The Morgan fingerprint density at radius 3 is 2.35 bits per heavy atom. The van der Waals surface area contributed by atoms with Crippen molar-refractivity contribution in [1.82, 2.24) is 4.31 Å².